The Kier molecular flexibility index (Phi) is 6.76. The molecule has 5 nitrogen and oxygen atoms in total. The average molecular weight is 409 g/mol. The largest absolute Gasteiger partial charge is 0.492 e. The van der Waals surface area contributed by atoms with Gasteiger partial charge in [0.25, 0.3) is 0 Å². The summed E-state index contributed by atoms with van der Waals surface area (Å²) < 4.78 is 32.7. The monoisotopic (exact) mass is 408 g/mol. The second-order valence-electron chi connectivity index (χ2n) is 6.69. The Hall–Kier alpha value is -1.60. The molecule has 0 unspecified atom stereocenters. The first-order valence-electron chi connectivity index (χ1n) is 9.13. The van der Waals surface area contributed by atoms with Crippen LogP contribution in [0.15, 0.2) is 53.4 Å². The average Bonchev–Trinajstić information content (AvgIpc) is 2.67. The Bertz CT molecular complexity index is 848. The van der Waals surface area contributed by atoms with Crippen molar-refractivity contribution >= 4 is 21.6 Å². The van der Waals surface area contributed by atoms with Crippen LogP contribution in [0.1, 0.15) is 12.0 Å². The Morgan fingerprint density at radius 1 is 1.00 bits per heavy atom. The number of hydrogen-bond donors (Lipinski definition) is 0. The summed E-state index contributed by atoms with van der Waals surface area (Å²) in [5.74, 6) is 0.702. The van der Waals surface area contributed by atoms with E-state index >= 15 is 0 Å². The first-order valence-corrected chi connectivity index (χ1v) is 10.9. The van der Waals surface area contributed by atoms with Crippen LogP contribution in [0.2, 0.25) is 5.02 Å². The van der Waals surface area contributed by atoms with Crippen LogP contribution in [0.4, 0.5) is 0 Å². The predicted molar refractivity (Wildman–Crippen MR) is 108 cm³/mol. The highest BCUT2D eigenvalue weighted by Gasteiger charge is 2.28. The predicted octanol–water partition coefficient (Wildman–Crippen LogP) is 3.42. The lowest BCUT2D eigenvalue weighted by molar-refractivity contribution is 0.174. The van der Waals surface area contributed by atoms with E-state index in [0.717, 1.165) is 31.6 Å². The molecule has 7 heteroatoms. The van der Waals surface area contributed by atoms with Gasteiger partial charge in [0.1, 0.15) is 5.75 Å². The third-order valence-corrected chi connectivity index (χ3v) is 6.93. The molecule has 3 rings (SSSR count). The molecule has 0 N–H and O–H groups in total. The van der Waals surface area contributed by atoms with Crippen molar-refractivity contribution in [3.05, 3.63) is 59.1 Å². The fourth-order valence-electron chi connectivity index (χ4n) is 3.08. The summed E-state index contributed by atoms with van der Waals surface area (Å²) in [6.07, 6.45) is 0.871. The fourth-order valence-corrected chi connectivity index (χ4v) is 4.70. The van der Waals surface area contributed by atoms with Gasteiger partial charge in [0.15, 0.2) is 0 Å². The highest BCUT2D eigenvalue weighted by molar-refractivity contribution is 7.89. The number of nitrogens with zero attached hydrogens (tertiary/aromatic N) is 2. The molecule has 1 saturated heterocycles. The lowest BCUT2D eigenvalue weighted by Crippen LogP contribution is -2.48. The molecular formula is C20H25ClN2O3S. The molecule has 1 fully saturated rings. The van der Waals surface area contributed by atoms with Crippen LogP contribution in [-0.2, 0) is 10.0 Å². The normalized spacial score (nSPS) is 16.4. The molecule has 1 heterocycles. The van der Waals surface area contributed by atoms with Crippen molar-refractivity contribution in [3.8, 4) is 5.75 Å². The van der Waals surface area contributed by atoms with Crippen molar-refractivity contribution in [1.29, 1.82) is 0 Å². The SMILES string of the molecule is Cc1ccc(S(=O)(=O)N2CCN(CCCOc3ccccc3Cl)CC2)cc1. The van der Waals surface area contributed by atoms with Crippen molar-refractivity contribution in [2.75, 3.05) is 39.3 Å². The van der Waals surface area contributed by atoms with Gasteiger partial charge in [0.05, 0.1) is 16.5 Å². The number of halogens is 1. The van der Waals surface area contributed by atoms with E-state index in [1.807, 2.05) is 43.3 Å². The lowest BCUT2D eigenvalue weighted by atomic mass is 10.2. The summed E-state index contributed by atoms with van der Waals surface area (Å²) >= 11 is 6.07. The zero-order valence-corrected chi connectivity index (χ0v) is 17.0. The molecule has 0 spiro atoms. The molecule has 146 valence electrons. The number of benzene rings is 2. The van der Waals surface area contributed by atoms with Gasteiger partial charge in [-0.3, -0.25) is 0 Å². The van der Waals surface area contributed by atoms with Crippen molar-refractivity contribution in [1.82, 2.24) is 9.21 Å². The second-order valence-corrected chi connectivity index (χ2v) is 9.04. The molecular weight excluding hydrogens is 384 g/mol. The Labute approximate surface area is 166 Å². The fraction of sp³-hybridized carbons (Fsp3) is 0.400. The molecule has 0 radical (unpaired) electrons. The molecule has 1 aliphatic rings. The van der Waals surface area contributed by atoms with E-state index in [4.69, 9.17) is 16.3 Å². The molecule has 0 saturated carbocycles. The summed E-state index contributed by atoms with van der Waals surface area (Å²) in [7, 11) is -3.40. The molecule has 0 aromatic heterocycles. The van der Waals surface area contributed by atoms with Gasteiger partial charge < -0.3 is 9.64 Å². The van der Waals surface area contributed by atoms with E-state index in [2.05, 4.69) is 4.90 Å². The number of hydrogen-bond acceptors (Lipinski definition) is 4. The minimum absolute atomic E-state index is 0.370. The van der Waals surface area contributed by atoms with Crippen LogP contribution >= 0.6 is 11.6 Å². The molecule has 0 aliphatic carbocycles. The third-order valence-electron chi connectivity index (χ3n) is 4.70. The van der Waals surface area contributed by atoms with Gasteiger partial charge in [0, 0.05) is 32.7 Å². The topological polar surface area (TPSA) is 49.9 Å². The first kappa shape index (κ1) is 20.1. The van der Waals surface area contributed by atoms with E-state index in [1.165, 1.54) is 0 Å². The molecule has 0 atom stereocenters. The van der Waals surface area contributed by atoms with Gasteiger partial charge in [-0.05, 0) is 37.6 Å². The maximum absolute atomic E-state index is 12.7. The highest BCUT2D eigenvalue weighted by atomic mass is 35.5. The number of piperazine rings is 1. The number of sulfonamides is 1. The summed E-state index contributed by atoms with van der Waals surface area (Å²) in [6.45, 7) is 5.91. The first-order chi connectivity index (χ1) is 13.0. The van der Waals surface area contributed by atoms with E-state index < -0.39 is 10.0 Å². The zero-order valence-electron chi connectivity index (χ0n) is 15.5. The number of aryl methyl sites for hydroxylation is 1. The molecule has 1 aliphatic heterocycles. The van der Waals surface area contributed by atoms with Crippen LogP contribution in [0.5, 0.6) is 5.75 Å². The number of ether oxygens (including phenoxy) is 1. The van der Waals surface area contributed by atoms with Crippen molar-refractivity contribution in [3.63, 3.8) is 0 Å². The van der Waals surface area contributed by atoms with Gasteiger partial charge in [-0.25, -0.2) is 8.42 Å². The quantitative estimate of drug-likeness (QED) is 0.658. The standard InChI is InChI=1S/C20H25ClN2O3S/c1-17-7-9-18(10-8-17)27(24,25)23-14-12-22(13-15-23)11-4-16-26-20-6-3-2-5-19(20)21/h2-3,5-10H,4,11-16H2,1H3. The van der Waals surface area contributed by atoms with Crippen molar-refractivity contribution in [2.24, 2.45) is 0 Å². The maximum Gasteiger partial charge on any atom is 0.243 e. The third kappa shape index (κ3) is 5.23. The van der Waals surface area contributed by atoms with Gasteiger partial charge in [-0.1, -0.05) is 41.4 Å². The van der Waals surface area contributed by atoms with Crippen LogP contribution in [0.3, 0.4) is 0 Å². The minimum atomic E-state index is -3.40. The minimum Gasteiger partial charge on any atom is -0.492 e. The van der Waals surface area contributed by atoms with Crippen LogP contribution in [0, 0.1) is 6.92 Å². The zero-order chi connectivity index (χ0) is 19.3. The smallest absolute Gasteiger partial charge is 0.243 e. The second kappa shape index (κ2) is 9.06. The van der Waals surface area contributed by atoms with Crippen molar-refractivity contribution in [2.45, 2.75) is 18.2 Å². The molecule has 27 heavy (non-hydrogen) atoms. The molecule has 0 amide bonds. The molecule has 0 bridgehead atoms. The summed E-state index contributed by atoms with van der Waals surface area (Å²) in [6, 6.07) is 14.5. The van der Waals surface area contributed by atoms with Crippen molar-refractivity contribution < 1.29 is 13.2 Å². The Morgan fingerprint density at radius 3 is 2.33 bits per heavy atom. The summed E-state index contributed by atoms with van der Waals surface area (Å²) in [4.78, 5) is 2.65. The Balaban J connectivity index is 1.43. The Morgan fingerprint density at radius 2 is 1.67 bits per heavy atom. The maximum atomic E-state index is 12.7. The van der Waals surface area contributed by atoms with E-state index in [0.29, 0.717) is 35.4 Å². The van der Waals surface area contributed by atoms with Gasteiger partial charge in [-0.15, -0.1) is 0 Å². The summed E-state index contributed by atoms with van der Waals surface area (Å²) in [5, 5.41) is 0.618. The highest BCUT2D eigenvalue weighted by Crippen LogP contribution is 2.23. The van der Waals surface area contributed by atoms with Crippen LogP contribution in [0.25, 0.3) is 0 Å². The lowest BCUT2D eigenvalue weighted by Gasteiger charge is -2.34. The van der Waals surface area contributed by atoms with E-state index in [-0.39, 0.29) is 0 Å². The molecule has 2 aromatic rings. The van der Waals surface area contributed by atoms with Gasteiger partial charge in [0.2, 0.25) is 10.0 Å². The van der Waals surface area contributed by atoms with Gasteiger partial charge >= 0.3 is 0 Å². The van der Waals surface area contributed by atoms with Gasteiger partial charge in [-0.2, -0.15) is 4.31 Å². The summed E-state index contributed by atoms with van der Waals surface area (Å²) in [5.41, 5.74) is 1.05. The van der Waals surface area contributed by atoms with Crippen LogP contribution < -0.4 is 4.74 Å². The number of rotatable bonds is 7. The number of para-hydroxylation sites is 1. The molecule has 2 aromatic carbocycles. The van der Waals surface area contributed by atoms with E-state index in [1.54, 1.807) is 16.4 Å². The van der Waals surface area contributed by atoms with E-state index in [9.17, 15) is 8.42 Å². The van der Waals surface area contributed by atoms with Crippen LogP contribution in [-0.4, -0.2) is 57.0 Å².